The van der Waals surface area contributed by atoms with E-state index in [0.717, 1.165) is 32.9 Å². The van der Waals surface area contributed by atoms with Crippen molar-refractivity contribution in [3.63, 3.8) is 0 Å². The first kappa shape index (κ1) is 21.7. The topological polar surface area (TPSA) is 43.6 Å². The molecule has 0 radical (unpaired) electrons. The first-order valence-corrected chi connectivity index (χ1v) is 13.1. The highest BCUT2D eigenvalue weighted by Crippen LogP contribution is 2.36. The number of hydrogen-bond donors (Lipinski definition) is 0. The molecule has 2 heterocycles. The summed E-state index contributed by atoms with van der Waals surface area (Å²) >= 11 is 0. The molecule has 4 nitrogen and oxygen atoms in total. The van der Waals surface area contributed by atoms with E-state index >= 15 is 0 Å². The van der Waals surface area contributed by atoms with Gasteiger partial charge in [-0.1, -0.05) is 115 Å². The molecule has 0 spiro atoms. The van der Waals surface area contributed by atoms with E-state index in [4.69, 9.17) is 15.0 Å². The second kappa shape index (κ2) is 8.61. The molecule has 39 heavy (non-hydrogen) atoms. The van der Waals surface area contributed by atoms with E-state index in [-0.39, 0.29) is 0 Å². The summed E-state index contributed by atoms with van der Waals surface area (Å²) in [6.07, 6.45) is 0. The van der Waals surface area contributed by atoms with Crippen molar-refractivity contribution in [2.75, 3.05) is 0 Å². The van der Waals surface area contributed by atoms with Crippen molar-refractivity contribution < 1.29 is 0 Å². The number of para-hydroxylation sites is 2. The zero-order chi connectivity index (χ0) is 25.8. The molecule has 2 aromatic heterocycles. The highest BCUT2D eigenvalue weighted by molar-refractivity contribution is 6.13. The first-order chi connectivity index (χ1) is 19.3. The van der Waals surface area contributed by atoms with Gasteiger partial charge in [0.25, 0.3) is 0 Å². The molecule has 6 aromatic carbocycles. The summed E-state index contributed by atoms with van der Waals surface area (Å²) < 4.78 is 2.16. The van der Waals surface area contributed by atoms with Gasteiger partial charge in [-0.25, -0.2) is 4.98 Å². The number of benzene rings is 6. The van der Waals surface area contributed by atoms with Crippen LogP contribution in [0.25, 0.3) is 72.1 Å². The molecular formula is C35H22N4. The maximum Gasteiger partial charge on any atom is 0.238 e. The lowest BCUT2D eigenvalue weighted by atomic mass is 9.97. The highest BCUT2D eigenvalue weighted by atomic mass is 15.2. The van der Waals surface area contributed by atoms with E-state index in [9.17, 15) is 0 Å². The van der Waals surface area contributed by atoms with Crippen molar-refractivity contribution in [2.24, 2.45) is 0 Å². The molecule has 0 saturated carbocycles. The summed E-state index contributed by atoms with van der Waals surface area (Å²) in [7, 11) is 0. The third-order valence-corrected chi connectivity index (χ3v) is 7.44. The standard InChI is InChI=1S/C35H22N4/c1-2-12-23(13-3-1)33-36-34(30-22-24-14-4-5-15-25(24)26-16-6-7-17-27(26)30)38-35(37-33)39-31-20-10-8-18-28(31)29-19-9-11-21-32(29)39/h1-22H. The van der Waals surface area contributed by atoms with Gasteiger partial charge in [-0.3, -0.25) is 4.57 Å². The van der Waals surface area contributed by atoms with Gasteiger partial charge in [0.1, 0.15) is 0 Å². The molecule has 0 aliphatic carbocycles. The van der Waals surface area contributed by atoms with Crippen LogP contribution in [0.4, 0.5) is 0 Å². The Labute approximate surface area is 224 Å². The average molecular weight is 499 g/mol. The normalized spacial score (nSPS) is 11.6. The second-order valence-electron chi connectivity index (χ2n) is 9.71. The Morgan fingerprint density at radius 1 is 0.410 bits per heavy atom. The zero-order valence-corrected chi connectivity index (χ0v) is 21.0. The van der Waals surface area contributed by atoms with Crippen LogP contribution in [0.5, 0.6) is 0 Å². The van der Waals surface area contributed by atoms with E-state index in [1.807, 2.05) is 30.3 Å². The fourth-order valence-corrected chi connectivity index (χ4v) is 5.68. The lowest BCUT2D eigenvalue weighted by molar-refractivity contribution is 0.954. The molecule has 0 fully saturated rings. The lowest BCUT2D eigenvalue weighted by Crippen LogP contribution is -2.06. The SMILES string of the molecule is c1ccc(-c2nc(-c3cc4ccccc4c4ccccc34)nc(-n3c4ccccc4c4ccccc43)n2)cc1. The number of nitrogens with zero attached hydrogens (tertiary/aromatic N) is 4. The molecule has 0 atom stereocenters. The van der Waals surface area contributed by atoms with Gasteiger partial charge in [0, 0.05) is 21.9 Å². The Kier molecular flexibility index (Phi) is 4.79. The molecular weight excluding hydrogens is 476 g/mol. The van der Waals surface area contributed by atoms with Gasteiger partial charge < -0.3 is 0 Å². The summed E-state index contributed by atoms with van der Waals surface area (Å²) in [4.78, 5) is 15.3. The minimum atomic E-state index is 0.605. The summed E-state index contributed by atoms with van der Waals surface area (Å²) in [5.41, 5.74) is 4.08. The predicted molar refractivity (Wildman–Crippen MR) is 160 cm³/mol. The molecule has 0 saturated heterocycles. The van der Waals surface area contributed by atoms with Gasteiger partial charge in [-0.05, 0) is 39.7 Å². The van der Waals surface area contributed by atoms with Crippen molar-refractivity contribution in [3.8, 4) is 28.7 Å². The molecule has 0 N–H and O–H groups in total. The van der Waals surface area contributed by atoms with Crippen LogP contribution in [-0.2, 0) is 0 Å². The number of hydrogen-bond acceptors (Lipinski definition) is 3. The largest absolute Gasteiger partial charge is 0.278 e. The minimum absolute atomic E-state index is 0.605. The Morgan fingerprint density at radius 3 is 1.67 bits per heavy atom. The summed E-state index contributed by atoms with van der Waals surface area (Å²) in [6.45, 7) is 0. The molecule has 0 aliphatic heterocycles. The highest BCUT2D eigenvalue weighted by Gasteiger charge is 2.19. The van der Waals surface area contributed by atoms with Gasteiger partial charge in [-0.2, -0.15) is 9.97 Å². The van der Waals surface area contributed by atoms with Crippen LogP contribution in [-0.4, -0.2) is 19.5 Å². The van der Waals surface area contributed by atoms with Gasteiger partial charge >= 0.3 is 0 Å². The third kappa shape index (κ3) is 3.42. The Hall–Kier alpha value is -5.35. The van der Waals surface area contributed by atoms with E-state index in [1.165, 1.54) is 21.5 Å². The monoisotopic (exact) mass is 498 g/mol. The smallest absolute Gasteiger partial charge is 0.238 e. The zero-order valence-electron chi connectivity index (χ0n) is 21.0. The Bertz CT molecular complexity index is 2120. The van der Waals surface area contributed by atoms with E-state index in [2.05, 4.69) is 108 Å². The van der Waals surface area contributed by atoms with E-state index in [0.29, 0.717) is 17.6 Å². The van der Waals surface area contributed by atoms with E-state index in [1.54, 1.807) is 0 Å². The maximum absolute atomic E-state index is 5.17. The van der Waals surface area contributed by atoms with Crippen molar-refractivity contribution in [3.05, 3.63) is 133 Å². The predicted octanol–water partition coefficient (Wildman–Crippen LogP) is 8.61. The van der Waals surface area contributed by atoms with Crippen molar-refractivity contribution in [2.45, 2.75) is 0 Å². The van der Waals surface area contributed by atoms with Crippen molar-refractivity contribution in [1.82, 2.24) is 19.5 Å². The Balaban J connectivity index is 1.49. The van der Waals surface area contributed by atoms with E-state index < -0.39 is 0 Å². The van der Waals surface area contributed by atoms with Gasteiger partial charge in [0.2, 0.25) is 5.95 Å². The van der Waals surface area contributed by atoms with Crippen LogP contribution < -0.4 is 0 Å². The molecule has 4 heteroatoms. The average Bonchev–Trinajstić information content (AvgIpc) is 3.35. The molecule has 182 valence electrons. The number of rotatable bonds is 3. The second-order valence-corrected chi connectivity index (χ2v) is 9.71. The van der Waals surface area contributed by atoms with Gasteiger partial charge in [0.15, 0.2) is 11.6 Å². The fourth-order valence-electron chi connectivity index (χ4n) is 5.68. The lowest BCUT2D eigenvalue weighted by Gasteiger charge is -2.13. The number of aromatic nitrogens is 4. The van der Waals surface area contributed by atoms with Gasteiger partial charge in [0.05, 0.1) is 11.0 Å². The van der Waals surface area contributed by atoms with Crippen LogP contribution in [0.2, 0.25) is 0 Å². The van der Waals surface area contributed by atoms with Crippen molar-refractivity contribution in [1.29, 1.82) is 0 Å². The van der Waals surface area contributed by atoms with Crippen molar-refractivity contribution >= 4 is 43.4 Å². The quantitative estimate of drug-likeness (QED) is 0.229. The molecule has 0 amide bonds. The Morgan fingerprint density at radius 2 is 0.949 bits per heavy atom. The molecule has 8 aromatic rings. The first-order valence-electron chi connectivity index (χ1n) is 13.1. The van der Waals surface area contributed by atoms with Crippen LogP contribution >= 0.6 is 0 Å². The molecule has 0 bridgehead atoms. The van der Waals surface area contributed by atoms with Crippen LogP contribution in [0.3, 0.4) is 0 Å². The fraction of sp³-hybridized carbons (Fsp3) is 0. The van der Waals surface area contributed by atoms with Crippen LogP contribution in [0, 0.1) is 0 Å². The van der Waals surface area contributed by atoms with Crippen LogP contribution in [0.1, 0.15) is 0 Å². The summed E-state index contributed by atoms with van der Waals surface area (Å²) in [6, 6.07) is 46.2. The number of fused-ring (bicyclic) bond motifs is 6. The molecule has 0 unspecified atom stereocenters. The van der Waals surface area contributed by atoms with Crippen LogP contribution in [0.15, 0.2) is 133 Å². The summed E-state index contributed by atoms with van der Waals surface area (Å²) in [5, 5.41) is 7.03. The molecule has 8 rings (SSSR count). The summed E-state index contributed by atoms with van der Waals surface area (Å²) in [5.74, 6) is 1.91. The third-order valence-electron chi connectivity index (χ3n) is 7.44. The minimum Gasteiger partial charge on any atom is -0.278 e. The molecule has 0 aliphatic rings. The van der Waals surface area contributed by atoms with Gasteiger partial charge in [-0.15, -0.1) is 0 Å². The maximum atomic E-state index is 5.17.